The molecule has 0 bridgehead atoms. The van der Waals surface area contributed by atoms with Crippen LogP contribution in [0, 0.1) is 0 Å². The topological polar surface area (TPSA) is 82.8 Å². The number of carboxylic acid groups (broad SMARTS) is 1. The summed E-state index contributed by atoms with van der Waals surface area (Å²) < 4.78 is 1.58. The van der Waals surface area contributed by atoms with Crippen LogP contribution in [0.4, 0.5) is 4.79 Å². The van der Waals surface area contributed by atoms with Crippen LogP contribution in [-0.2, 0) is 13.2 Å². The van der Waals surface area contributed by atoms with Crippen molar-refractivity contribution in [2.75, 3.05) is 13.1 Å². The fourth-order valence-corrected chi connectivity index (χ4v) is 3.08. The summed E-state index contributed by atoms with van der Waals surface area (Å²) in [5.41, 5.74) is 3.94. The van der Waals surface area contributed by atoms with E-state index in [4.69, 9.17) is 5.11 Å². The van der Waals surface area contributed by atoms with Crippen molar-refractivity contribution in [2.24, 2.45) is 0 Å². The van der Waals surface area contributed by atoms with Crippen LogP contribution < -0.4 is 5.56 Å². The van der Waals surface area contributed by atoms with Gasteiger partial charge in [-0.1, -0.05) is 35.9 Å². The molecule has 1 saturated heterocycles. The Kier molecular flexibility index (Phi) is 5.53. The van der Waals surface area contributed by atoms with Crippen LogP contribution in [0.1, 0.15) is 29.5 Å². The van der Waals surface area contributed by atoms with E-state index in [1.165, 1.54) is 16.5 Å². The predicted molar refractivity (Wildman–Crippen MR) is 99.0 cm³/mol. The van der Waals surface area contributed by atoms with Crippen LogP contribution in [-0.4, -0.2) is 38.9 Å². The summed E-state index contributed by atoms with van der Waals surface area (Å²) >= 11 is 0. The highest BCUT2D eigenvalue weighted by Gasteiger charge is 2.17. The first-order valence-electron chi connectivity index (χ1n) is 8.61. The van der Waals surface area contributed by atoms with E-state index in [2.05, 4.69) is 6.08 Å². The summed E-state index contributed by atoms with van der Waals surface area (Å²) in [5, 5.41) is 18.2. The third-order valence-corrected chi connectivity index (χ3v) is 4.61. The maximum Gasteiger partial charge on any atom is 0.407 e. The van der Waals surface area contributed by atoms with Crippen LogP contribution in [0.25, 0.3) is 6.08 Å². The van der Waals surface area contributed by atoms with Crippen molar-refractivity contribution >= 4 is 12.2 Å². The van der Waals surface area contributed by atoms with Crippen molar-refractivity contribution in [1.29, 1.82) is 0 Å². The molecule has 2 N–H and O–H groups in total. The molecule has 6 nitrogen and oxygen atoms in total. The highest BCUT2D eigenvalue weighted by Crippen LogP contribution is 2.20. The molecule has 6 heteroatoms. The first-order chi connectivity index (χ1) is 12.5. The number of hydrogen-bond acceptors (Lipinski definition) is 3. The lowest BCUT2D eigenvalue weighted by molar-refractivity contribution is 0.142. The van der Waals surface area contributed by atoms with Crippen LogP contribution in [0.5, 0.6) is 0 Å². The van der Waals surface area contributed by atoms with E-state index in [0.29, 0.717) is 25.2 Å². The Morgan fingerprint density at radius 3 is 2.31 bits per heavy atom. The van der Waals surface area contributed by atoms with Crippen molar-refractivity contribution in [3.05, 3.63) is 75.2 Å². The first kappa shape index (κ1) is 17.9. The highest BCUT2D eigenvalue weighted by molar-refractivity contribution is 5.65. The predicted octanol–water partition coefficient (Wildman–Crippen LogP) is 2.55. The third-order valence-electron chi connectivity index (χ3n) is 4.61. The Hall–Kier alpha value is -2.86. The second kappa shape index (κ2) is 8.01. The molecule has 0 spiro atoms. The van der Waals surface area contributed by atoms with E-state index in [-0.39, 0.29) is 12.2 Å². The smallest absolute Gasteiger partial charge is 0.407 e. The Labute approximate surface area is 151 Å². The summed E-state index contributed by atoms with van der Waals surface area (Å²) in [6, 6.07) is 11.1. The van der Waals surface area contributed by atoms with Gasteiger partial charge in [-0.15, -0.1) is 0 Å². The molecule has 1 aliphatic heterocycles. The maximum absolute atomic E-state index is 11.9. The molecule has 1 aromatic carbocycles. The van der Waals surface area contributed by atoms with Crippen LogP contribution in [0.15, 0.2) is 53.0 Å². The van der Waals surface area contributed by atoms with Gasteiger partial charge < -0.3 is 19.7 Å². The lowest BCUT2D eigenvalue weighted by Gasteiger charge is -2.25. The van der Waals surface area contributed by atoms with Gasteiger partial charge in [-0.05, 0) is 35.6 Å². The number of aromatic nitrogens is 1. The molecule has 1 aromatic heterocycles. The molecule has 0 radical (unpaired) electrons. The minimum atomic E-state index is -0.853. The summed E-state index contributed by atoms with van der Waals surface area (Å²) in [4.78, 5) is 24.3. The normalized spacial score (nSPS) is 14.3. The summed E-state index contributed by atoms with van der Waals surface area (Å²) in [6.07, 6.45) is 4.46. The van der Waals surface area contributed by atoms with Gasteiger partial charge in [-0.25, -0.2) is 4.79 Å². The molecule has 3 rings (SSSR count). The van der Waals surface area contributed by atoms with Crippen molar-refractivity contribution in [3.8, 4) is 0 Å². The van der Waals surface area contributed by atoms with Crippen molar-refractivity contribution in [1.82, 2.24) is 9.47 Å². The number of likely N-dealkylation sites (tertiary alicyclic amines) is 1. The standard InChI is InChI=1S/C20H22N2O4/c23-14-18-5-6-19(24)22(13-18)12-17-3-1-15(2-4-17)11-16-7-9-21(10-8-16)20(25)26/h1-6,11,13,23H,7-10,12,14H2,(H,25,26). The molecule has 1 amide bonds. The lowest BCUT2D eigenvalue weighted by Crippen LogP contribution is -2.35. The van der Waals surface area contributed by atoms with Gasteiger partial charge in [0, 0.05) is 25.4 Å². The van der Waals surface area contributed by atoms with E-state index in [1.807, 2.05) is 24.3 Å². The Morgan fingerprint density at radius 2 is 1.69 bits per heavy atom. The van der Waals surface area contributed by atoms with Gasteiger partial charge in [0.25, 0.3) is 5.56 Å². The van der Waals surface area contributed by atoms with Gasteiger partial charge in [0.05, 0.1) is 13.2 Å². The summed E-state index contributed by atoms with van der Waals surface area (Å²) in [7, 11) is 0. The van der Waals surface area contributed by atoms with E-state index < -0.39 is 6.09 Å². The van der Waals surface area contributed by atoms with Gasteiger partial charge >= 0.3 is 6.09 Å². The molecule has 0 atom stereocenters. The molecule has 1 aliphatic rings. The molecule has 136 valence electrons. The second-order valence-corrected chi connectivity index (χ2v) is 6.48. The molecular formula is C20H22N2O4. The molecule has 2 aromatic rings. The van der Waals surface area contributed by atoms with Gasteiger partial charge in [-0.3, -0.25) is 4.79 Å². The number of carbonyl (C=O) groups is 1. The van der Waals surface area contributed by atoms with E-state index >= 15 is 0 Å². The van der Waals surface area contributed by atoms with Crippen LogP contribution in [0.3, 0.4) is 0 Å². The number of hydrogen-bond donors (Lipinski definition) is 2. The zero-order chi connectivity index (χ0) is 18.5. The zero-order valence-electron chi connectivity index (χ0n) is 14.5. The highest BCUT2D eigenvalue weighted by atomic mass is 16.4. The number of benzene rings is 1. The zero-order valence-corrected chi connectivity index (χ0v) is 14.5. The Bertz CT molecular complexity index is 858. The first-order valence-corrected chi connectivity index (χ1v) is 8.61. The molecular weight excluding hydrogens is 332 g/mol. The molecule has 26 heavy (non-hydrogen) atoms. The SMILES string of the molecule is O=C(O)N1CCC(=Cc2ccc(Cn3cc(CO)ccc3=O)cc2)CC1. The van der Waals surface area contributed by atoms with E-state index in [0.717, 1.165) is 24.0 Å². The number of aliphatic hydroxyl groups excluding tert-OH is 1. The number of rotatable bonds is 4. The number of piperidine rings is 1. The largest absolute Gasteiger partial charge is 0.465 e. The molecule has 0 saturated carbocycles. The van der Waals surface area contributed by atoms with Crippen molar-refractivity contribution in [2.45, 2.75) is 26.0 Å². The summed E-state index contributed by atoms with van der Waals surface area (Å²) in [5.74, 6) is 0. The number of amides is 1. The number of aliphatic hydroxyl groups is 1. The van der Waals surface area contributed by atoms with Gasteiger partial charge in [0.15, 0.2) is 0 Å². The molecule has 0 aliphatic carbocycles. The lowest BCUT2D eigenvalue weighted by atomic mass is 10.0. The number of pyridine rings is 1. The Balaban J connectivity index is 1.67. The van der Waals surface area contributed by atoms with E-state index in [1.54, 1.807) is 16.8 Å². The van der Waals surface area contributed by atoms with Crippen molar-refractivity contribution in [3.63, 3.8) is 0 Å². The minimum absolute atomic E-state index is 0.0912. The maximum atomic E-state index is 11.9. The quantitative estimate of drug-likeness (QED) is 0.884. The minimum Gasteiger partial charge on any atom is -0.465 e. The third kappa shape index (κ3) is 4.40. The van der Waals surface area contributed by atoms with Crippen molar-refractivity contribution < 1.29 is 15.0 Å². The fraction of sp³-hybridized carbons (Fsp3) is 0.300. The fourth-order valence-electron chi connectivity index (χ4n) is 3.08. The Morgan fingerprint density at radius 1 is 1.04 bits per heavy atom. The molecule has 0 unspecified atom stereocenters. The summed E-state index contributed by atoms with van der Waals surface area (Å²) in [6.45, 7) is 1.45. The molecule has 1 fully saturated rings. The monoisotopic (exact) mass is 354 g/mol. The van der Waals surface area contributed by atoms with Gasteiger partial charge in [-0.2, -0.15) is 0 Å². The average Bonchev–Trinajstić information content (AvgIpc) is 2.65. The van der Waals surface area contributed by atoms with Gasteiger partial charge in [0.2, 0.25) is 0 Å². The van der Waals surface area contributed by atoms with Crippen LogP contribution >= 0.6 is 0 Å². The van der Waals surface area contributed by atoms with Crippen LogP contribution in [0.2, 0.25) is 0 Å². The van der Waals surface area contributed by atoms with Gasteiger partial charge in [0.1, 0.15) is 0 Å². The number of nitrogens with zero attached hydrogens (tertiary/aromatic N) is 2. The molecule has 2 heterocycles. The second-order valence-electron chi connectivity index (χ2n) is 6.48. The van der Waals surface area contributed by atoms with E-state index in [9.17, 15) is 14.7 Å². The average molecular weight is 354 g/mol.